The standard InChI is InChI=1S/C13H14N2O2/c1-10-4-3-5-11(8-10)12(16)9-15-7-6-14(2)13(15)17/h3-8H,9H2,1-2H3. The van der Waals surface area contributed by atoms with Gasteiger partial charge in [-0.25, -0.2) is 4.79 Å². The molecule has 0 atom stereocenters. The fourth-order valence-electron chi connectivity index (χ4n) is 1.70. The second-order valence-electron chi connectivity index (χ2n) is 4.11. The second-order valence-corrected chi connectivity index (χ2v) is 4.11. The van der Waals surface area contributed by atoms with E-state index in [4.69, 9.17) is 0 Å². The van der Waals surface area contributed by atoms with E-state index in [1.54, 1.807) is 25.5 Å². The van der Waals surface area contributed by atoms with Crippen molar-refractivity contribution < 1.29 is 4.79 Å². The maximum absolute atomic E-state index is 12.0. The van der Waals surface area contributed by atoms with E-state index in [1.807, 2.05) is 25.1 Å². The monoisotopic (exact) mass is 230 g/mol. The van der Waals surface area contributed by atoms with Crippen LogP contribution in [0.1, 0.15) is 15.9 Å². The normalized spacial score (nSPS) is 10.5. The van der Waals surface area contributed by atoms with Crippen molar-refractivity contribution in [2.75, 3.05) is 0 Å². The van der Waals surface area contributed by atoms with Crippen LogP contribution in [0, 0.1) is 6.92 Å². The Bertz CT molecular complexity index is 608. The van der Waals surface area contributed by atoms with E-state index in [1.165, 1.54) is 9.13 Å². The first-order valence-corrected chi connectivity index (χ1v) is 5.39. The Balaban J connectivity index is 2.23. The third kappa shape index (κ3) is 2.36. The Labute approximate surface area is 99.1 Å². The Morgan fingerprint density at radius 1 is 1.29 bits per heavy atom. The molecule has 0 N–H and O–H groups in total. The van der Waals surface area contributed by atoms with Crippen molar-refractivity contribution in [2.24, 2.45) is 7.05 Å². The van der Waals surface area contributed by atoms with Crippen molar-refractivity contribution >= 4 is 5.78 Å². The molecule has 0 unspecified atom stereocenters. The van der Waals surface area contributed by atoms with Gasteiger partial charge in [0, 0.05) is 25.0 Å². The van der Waals surface area contributed by atoms with E-state index in [-0.39, 0.29) is 18.0 Å². The molecule has 0 radical (unpaired) electrons. The predicted octanol–water partition coefficient (Wildman–Crippen LogP) is 1.38. The van der Waals surface area contributed by atoms with Crippen molar-refractivity contribution in [3.8, 4) is 0 Å². The van der Waals surface area contributed by atoms with Gasteiger partial charge in [-0.15, -0.1) is 0 Å². The molecule has 0 saturated heterocycles. The highest BCUT2D eigenvalue weighted by Crippen LogP contribution is 2.05. The van der Waals surface area contributed by atoms with Crippen LogP contribution in [0.5, 0.6) is 0 Å². The molecule has 2 aromatic rings. The van der Waals surface area contributed by atoms with E-state index >= 15 is 0 Å². The highest BCUT2D eigenvalue weighted by atomic mass is 16.2. The van der Waals surface area contributed by atoms with Crippen LogP contribution in [0.2, 0.25) is 0 Å². The minimum absolute atomic E-state index is 0.0537. The molecule has 0 saturated carbocycles. The number of hydrogen-bond acceptors (Lipinski definition) is 2. The van der Waals surface area contributed by atoms with Gasteiger partial charge in [-0.1, -0.05) is 23.8 Å². The number of Topliss-reactive ketones (excluding diaryl/α,β-unsaturated/α-hetero) is 1. The average molecular weight is 230 g/mol. The van der Waals surface area contributed by atoms with Crippen LogP contribution in [0.4, 0.5) is 0 Å². The third-order valence-corrected chi connectivity index (χ3v) is 2.67. The van der Waals surface area contributed by atoms with Crippen LogP contribution >= 0.6 is 0 Å². The fourth-order valence-corrected chi connectivity index (χ4v) is 1.70. The number of carbonyl (C=O) groups excluding carboxylic acids is 1. The molecule has 0 amide bonds. The number of ketones is 1. The molecule has 1 aromatic heterocycles. The van der Waals surface area contributed by atoms with Crippen LogP contribution in [-0.2, 0) is 13.6 Å². The van der Waals surface area contributed by atoms with E-state index < -0.39 is 0 Å². The summed E-state index contributed by atoms with van der Waals surface area (Å²) in [7, 11) is 1.66. The molecule has 0 spiro atoms. The molecular weight excluding hydrogens is 216 g/mol. The highest BCUT2D eigenvalue weighted by molar-refractivity contribution is 5.96. The van der Waals surface area contributed by atoms with Gasteiger partial charge in [-0.05, 0) is 13.0 Å². The van der Waals surface area contributed by atoms with Crippen LogP contribution < -0.4 is 5.69 Å². The summed E-state index contributed by atoms with van der Waals surface area (Å²) < 4.78 is 2.86. The van der Waals surface area contributed by atoms with Gasteiger partial charge < -0.3 is 4.57 Å². The Hall–Kier alpha value is -2.10. The summed E-state index contributed by atoms with van der Waals surface area (Å²) in [5.74, 6) is -0.0537. The average Bonchev–Trinajstić information content (AvgIpc) is 2.61. The lowest BCUT2D eigenvalue weighted by molar-refractivity contribution is 0.0970. The first-order chi connectivity index (χ1) is 8.08. The molecule has 2 rings (SSSR count). The maximum Gasteiger partial charge on any atom is 0.328 e. The van der Waals surface area contributed by atoms with Crippen LogP contribution in [0.3, 0.4) is 0 Å². The number of carbonyl (C=O) groups is 1. The zero-order valence-electron chi connectivity index (χ0n) is 9.88. The first kappa shape index (κ1) is 11.4. The number of hydrogen-bond donors (Lipinski definition) is 0. The highest BCUT2D eigenvalue weighted by Gasteiger charge is 2.08. The number of nitrogens with zero attached hydrogens (tertiary/aromatic N) is 2. The van der Waals surface area contributed by atoms with Gasteiger partial charge in [0.1, 0.15) is 0 Å². The summed E-state index contributed by atoms with van der Waals surface area (Å²) in [5.41, 5.74) is 1.50. The molecule has 88 valence electrons. The largest absolute Gasteiger partial charge is 0.328 e. The molecule has 0 bridgehead atoms. The van der Waals surface area contributed by atoms with Crippen molar-refractivity contribution in [2.45, 2.75) is 13.5 Å². The van der Waals surface area contributed by atoms with Gasteiger partial charge in [0.2, 0.25) is 0 Å². The van der Waals surface area contributed by atoms with E-state index in [2.05, 4.69) is 0 Å². The minimum Gasteiger partial charge on any atom is -0.302 e. The smallest absolute Gasteiger partial charge is 0.302 e. The number of aromatic nitrogens is 2. The SMILES string of the molecule is Cc1cccc(C(=O)Cn2ccn(C)c2=O)c1. The summed E-state index contributed by atoms with van der Waals surface area (Å²) in [6.07, 6.45) is 3.27. The topological polar surface area (TPSA) is 44.0 Å². The lowest BCUT2D eigenvalue weighted by atomic mass is 10.1. The Kier molecular flexibility index (Phi) is 2.95. The molecule has 17 heavy (non-hydrogen) atoms. The summed E-state index contributed by atoms with van der Waals surface area (Å²) in [6, 6.07) is 7.38. The van der Waals surface area contributed by atoms with Crippen molar-refractivity contribution in [1.29, 1.82) is 0 Å². The number of benzene rings is 1. The summed E-state index contributed by atoms with van der Waals surface area (Å²) in [4.78, 5) is 23.5. The molecule has 1 heterocycles. The van der Waals surface area contributed by atoms with Crippen LogP contribution in [0.25, 0.3) is 0 Å². The summed E-state index contributed by atoms with van der Waals surface area (Å²) in [5, 5.41) is 0. The Morgan fingerprint density at radius 2 is 2.06 bits per heavy atom. The molecule has 0 aliphatic carbocycles. The van der Waals surface area contributed by atoms with Gasteiger partial charge in [-0.2, -0.15) is 0 Å². The van der Waals surface area contributed by atoms with Crippen molar-refractivity contribution in [1.82, 2.24) is 9.13 Å². The molecule has 0 aliphatic heterocycles. The quantitative estimate of drug-likeness (QED) is 0.748. The van der Waals surface area contributed by atoms with Crippen molar-refractivity contribution in [3.63, 3.8) is 0 Å². The van der Waals surface area contributed by atoms with Crippen LogP contribution in [-0.4, -0.2) is 14.9 Å². The minimum atomic E-state index is -0.175. The molecule has 4 heteroatoms. The second kappa shape index (κ2) is 4.41. The molecule has 1 aromatic carbocycles. The number of rotatable bonds is 3. The zero-order chi connectivity index (χ0) is 12.4. The molecule has 0 fully saturated rings. The third-order valence-electron chi connectivity index (χ3n) is 2.67. The van der Waals surface area contributed by atoms with Gasteiger partial charge in [-0.3, -0.25) is 9.36 Å². The first-order valence-electron chi connectivity index (χ1n) is 5.39. The van der Waals surface area contributed by atoms with Crippen molar-refractivity contribution in [3.05, 3.63) is 58.3 Å². The summed E-state index contributed by atoms with van der Waals surface area (Å²) in [6.45, 7) is 2.02. The number of aryl methyl sites for hydroxylation is 2. The molecular formula is C13H14N2O2. The van der Waals surface area contributed by atoms with Gasteiger partial charge >= 0.3 is 5.69 Å². The number of imidazole rings is 1. The lowest BCUT2D eigenvalue weighted by Gasteiger charge is -2.02. The van der Waals surface area contributed by atoms with E-state index in [0.717, 1.165) is 5.56 Å². The van der Waals surface area contributed by atoms with Gasteiger partial charge in [0.15, 0.2) is 5.78 Å². The zero-order valence-corrected chi connectivity index (χ0v) is 9.88. The Morgan fingerprint density at radius 3 is 2.65 bits per heavy atom. The lowest BCUT2D eigenvalue weighted by Crippen LogP contribution is -2.25. The molecule has 4 nitrogen and oxygen atoms in total. The van der Waals surface area contributed by atoms with Gasteiger partial charge in [0.05, 0.1) is 6.54 Å². The molecule has 0 aliphatic rings. The van der Waals surface area contributed by atoms with E-state index in [9.17, 15) is 9.59 Å². The van der Waals surface area contributed by atoms with Gasteiger partial charge in [0.25, 0.3) is 0 Å². The summed E-state index contributed by atoms with van der Waals surface area (Å²) >= 11 is 0. The maximum atomic E-state index is 12.0. The van der Waals surface area contributed by atoms with E-state index in [0.29, 0.717) is 5.56 Å². The van der Waals surface area contributed by atoms with Crippen LogP contribution in [0.15, 0.2) is 41.5 Å². The fraction of sp³-hybridized carbons (Fsp3) is 0.231. The predicted molar refractivity (Wildman–Crippen MR) is 65.2 cm³/mol.